The molecule has 0 heterocycles. The molecule has 1 fully saturated rings. The van der Waals surface area contributed by atoms with Crippen LogP contribution in [0, 0.1) is 0 Å². The predicted octanol–water partition coefficient (Wildman–Crippen LogP) is 3.58. The molecule has 1 nitrogen and oxygen atoms in total. The number of hydrogen-bond acceptors (Lipinski definition) is 1. The molecular weight excluding hydrogens is 146 g/mol. The van der Waals surface area contributed by atoms with Gasteiger partial charge in [-0.3, -0.25) is 4.99 Å². The molecule has 0 radical (unpaired) electrons. The van der Waals surface area contributed by atoms with Gasteiger partial charge in [0.2, 0.25) is 0 Å². The second kappa shape index (κ2) is 4.06. The maximum atomic E-state index is 4.74. The van der Waals surface area contributed by atoms with Crippen LogP contribution in [0.2, 0.25) is 0 Å². The Bertz CT molecular complexity index is 152. The van der Waals surface area contributed by atoms with Crippen molar-refractivity contribution < 1.29 is 0 Å². The van der Waals surface area contributed by atoms with Crippen molar-refractivity contribution in [2.45, 2.75) is 64.8 Å². The van der Waals surface area contributed by atoms with Gasteiger partial charge in [-0.1, -0.05) is 12.8 Å². The second-order valence-corrected chi connectivity index (χ2v) is 4.76. The molecular formula is C11H21N. The Morgan fingerprint density at radius 3 is 1.83 bits per heavy atom. The standard InChI is InChI=1S/C11H21N/c1-11(2,3)12-10-8-6-4-5-7-9-10/h4-9H2,1-3H3. The van der Waals surface area contributed by atoms with Gasteiger partial charge in [-0.05, 0) is 46.5 Å². The fourth-order valence-corrected chi connectivity index (χ4v) is 1.72. The Labute approximate surface area is 76.3 Å². The van der Waals surface area contributed by atoms with E-state index in [1.54, 1.807) is 0 Å². The highest BCUT2D eigenvalue weighted by atomic mass is 14.8. The molecule has 0 saturated heterocycles. The summed E-state index contributed by atoms with van der Waals surface area (Å²) in [7, 11) is 0. The van der Waals surface area contributed by atoms with Gasteiger partial charge in [0.05, 0.1) is 5.54 Å². The van der Waals surface area contributed by atoms with Gasteiger partial charge in [0.1, 0.15) is 0 Å². The third-order valence-corrected chi connectivity index (χ3v) is 2.17. The zero-order valence-corrected chi connectivity index (χ0v) is 8.69. The van der Waals surface area contributed by atoms with Crippen molar-refractivity contribution in [3.63, 3.8) is 0 Å². The highest BCUT2D eigenvalue weighted by molar-refractivity contribution is 5.85. The average molecular weight is 167 g/mol. The maximum absolute atomic E-state index is 4.74. The van der Waals surface area contributed by atoms with Gasteiger partial charge in [0.25, 0.3) is 0 Å². The molecule has 70 valence electrons. The molecule has 0 N–H and O–H groups in total. The van der Waals surface area contributed by atoms with Crippen molar-refractivity contribution in [2.75, 3.05) is 0 Å². The van der Waals surface area contributed by atoms with Gasteiger partial charge in [-0.15, -0.1) is 0 Å². The average Bonchev–Trinajstić information content (AvgIpc) is 2.12. The van der Waals surface area contributed by atoms with Crippen molar-refractivity contribution >= 4 is 5.71 Å². The van der Waals surface area contributed by atoms with Crippen LogP contribution in [0.3, 0.4) is 0 Å². The lowest BCUT2D eigenvalue weighted by atomic mass is 10.1. The van der Waals surface area contributed by atoms with E-state index >= 15 is 0 Å². The number of rotatable bonds is 0. The van der Waals surface area contributed by atoms with E-state index in [0.29, 0.717) is 0 Å². The van der Waals surface area contributed by atoms with Crippen LogP contribution >= 0.6 is 0 Å². The molecule has 0 atom stereocenters. The summed E-state index contributed by atoms with van der Waals surface area (Å²) in [6.07, 6.45) is 8.02. The molecule has 0 bridgehead atoms. The van der Waals surface area contributed by atoms with Gasteiger partial charge >= 0.3 is 0 Å². The Morgan fingerprint density at radius 1 is 0.917 bits per heavy atom. The summed E-state index contributed by atoms with van der Waals surface area (Å²) in [5.41, 5.74) is 1.60. The number of hydrogen-bond donors (Lipinski definition) is 0. The summed E-state index contributed by atoms with van der Waals surface area (Å²) >= 11 is 0. The summed E-state index contributed by atoms with van der Waals surface area (Å²) in [5.74, 6) is 0. The van der Waals surface area contributed by atoms with Crippen LogP contribution in [0.1, 0.15) is 59.3 Å². The van der Waals surface area contributed by atoms with Crippen LogP contribution in [0.4, 0.5) is 0 Å². The van der Waals surface area contributed by atoms with Crippen LogP contribution in [-0.4, -0.2) is 11.3 Å². The molecule has 1 aliphatic carbocycles. The lowest BCUT2D eigenvalue weighted by molar-refractivity contribution is 0.579. The Morgan fingerprint density at radius 2 is 1.42 bits per heavy atom. The first-order chi connectivity index (χ1) is 5.58. The van der Waals surface area contributed by atoms with E-state index in [2.05, 4.69) is 20.8 Å². The summed E-state index contributed by atoms with van der Waals surface area (Å²) < 4.78 is 0. The van der Waals surface area contributed by atoms with Gasteiger partial charge in [-0.25, -0.2) is 0 Å². The molecule has 1 aliphatic rings. The van der Waals surface area contributed by atoms with Gasteiger partial charge in [0, 0.05) is 5.71 Å². The first-order valence-corrected chi connectivity index (χ1v) is 5.15. The zero-order chi connectivity index (χ0) is 9.03. The minimum Gasteiger partial charge on any atom is -0.288 e. The first-order valence-electron chi connectivity index (χ1n) is 5.15. The van der Waals surface area contributed by atoms with E-state index in [4.69, 9.17) is 4.99 Å². The Balaban J connectivity index is 2.53. The summed E-state index contributed by atoms with van der Waals surface area (Å²) in [6, 6.07) is 0. The van der Waals surface area contributed by atoms with E-state index in [-0.39, 0.29) is 5.54 Å². The molecule has 0 unspecified atom stereocenters. The fraction of sp³-hybridized carbons (Fsp3) is 0.909. The highest BCUT2D eigenvalue weighted by Gasteiger charge is 2.11. The first kappa shape index (κ1) is 9.76. The lowest BCUT2D eigenvalue weighted by Crippen LogP contribution is -2.13. The summed E-state index contributed by atoms with van der Waals surface area (Å²) in [5, 5.41) is 0. The monoisotopic (exact) mass is 167 g/mol. The topological polar surface area (TPSA) is 12.4 Å². The third-order valence-electron chi connectivity index (χ3n) is 2.17. The molecule has 0 spiro atoms. The molecule has 12 heavy (non-hydrogen) atoms. The van der Waals surface area contributed by atoms with E-state index in [0.717, 1.165) is 0 Å². The molecule has 0 aromatic carbocycles. The van der Waals surface area contributed by atoms with E-state index in [1.807, 2.05) is 0 Å². The minimum atomic E-state index is 0.139. The second-order valence-electron chi connectivity index (χ2n) is 4.76. The van der Waals surface area contributed by atoms with Crippen molar-refractivity contribution in [1.82, 2.24) is 0 Å². The molecule has 0 aromatic rings. The molecule has 1 saturated carbocycles. The predicted molar refractivity (Wildman–Crippen MR) is 54.9 cm³/mol. The van der Waals surface area contributed by atoms with Crippen molar-refractivity contribution in [2.24, 2.45) is 4.99 Å². The smallest absolute Gasteiger partial charge is 0.0523 e. The molecule has 1 heteroatoms. The van der Waals surface area contributed by atoms with E-state index in [9.17, 15) is 0 Å². The van der Waals surface area contributed by atoms with Crippen molar-refractivity contribution in [1.29, 1.82) is 0 Å². The van der Waals surface area contributed by atoms with Crippen LogP contribution in [-0.2, 0) is 0 Å². The fourth-order valence-electron chi connectivity index (χ4n) is 1.72. The quantitative estimate of drug-likeness (QED) is 0.489. The SMILES string of the molecule is CC(C)(C)N=C1CCCCCC1. The minimum absolute atomic E-state index is 0.139. The molecule has 0 amide bonds. The molecule has 0 aromatic heterocycles. The maximum Gasteiger partial charge on any atom is 0.0523 e. The van der Waals surface area contributed by atoms with Crippen molar-refractivity contribution in [3.8, 4) is 0 Å². The van der Waals surface area contributed by atoms with Gasteiger partial charge < -0.3 is 0 Å². The van der Waals surface area contributed by atoms with Crippen LogP contribution in [0.25, 0.3) is 0 Å². The van der Waals surface area contributed by atoms with E-state index < -0.39 is 0 Å². The van der Waals surface area contributed by atoms with E-state index in [1.165, 1.54) is 44.2 Å². The van der Waals surface area contributed by atoms with Crippen LogP contribution < -0.4 is 0 Å². The summed E-state index contributed by atoms with van der Waals surface area (Å²) in [4.78, 5) is 4.74. The lowest BCUT2D eigenvalue weighted by Gasteiger charge is -2.14. The highest BCUT2D eigenvalue weighted by Crippen LogP contribution is 2.18. The van der Waals surface area contributed by atoms with Crippen LogP contribution in [0.15, 0.2) is 4.99 Å². The number of nitrogens with zero attached hydrogens (tertiary/aromatic N) is 1. The summed E-state index contributed by atoms with van der Waals surface area (Å²) in [6.45, 7) is 6.56. The normalized spacial score (nSPS) is 20.4. The zero-order valence-electron chi connectivity index (χ0n) is 8.69. The number of aliphatic imine (C=N–C) groups is 1. The van der Waals surface area contributed by atoms with Crippen molar-refractivity contribution in [3.05, 3.63) is 0 Å². The van der Waals surface area contributed by atoms with Gasteiger partial charge in [0.15, 0.2) is 0 Å². The molecule has 0 aliphatic heterocycles. The third kappa shape index (κ3) is 3.89. The Kier molecular flexibility index (Phi) is 3.30. The molecule has 1 rings (SSSR count). The van der Waals surface area contributed by atoms with Gasteiger partial charge in [-0.2, -0.15) is 0 Å². The van der Waals surface area contributed by atoms with Crippen LogP contribution in [0.5, 0.6) is 0 Å². The largest absolute Gasteiger partial charge is 0.288 e. The Hall–Kier alpha value is -0.330.